The van der Waals surface area contributed by atoms with Crippen LogP contribution in [0.5, 0.6) is 0 Å². The molecule has 5 rings (SSSR count). The number of nitrogens with one attached hydrogen (secondary N) is 2. The van der Waals surface area contributed by atoms with Gasteiger partial charge in [-0.15, -0.1) is 0 Å². The molecule has 4 heterocycles. The Morgan fingerprint density at radius 2 is 1.97 bits per heavy atom. The molecule has 1 amide bonds. The highest BCUT2D eigenvalue weighted by Gasteiger charge is 2.14. The lowest BCUT2D eigenvalue weighted by molar-refractivity contribution is 0.102. The van der Waals surface area contributed by atoms with Crippen LogP contribution in [0.1, 0.15) is 16.1 Å². The summed E-state index contributed by atoms with van der Waals surface area (Å²) in [5, 5.41) is 9.97. The van der Waals surface area contributed by atoms with Crippen LogP contribution in [0.4, 0.5) is 17.3 Å². The van der Waals surface area contributed by atoms with E-state index < -0.39 is 0 Å². The molecule has 0 spiro atoms. The van der Waals surface area contributed by atoms with Crippen molar-refractivity contribution in [2.45, 2.75) is 6.92 Å². The van der Waals surface area contributed by atoms with E-state index in [0.717, 1.165) is 5.56 Å². The van der Waals surface area contributed by atoms with Crippen LogP contribution in [0.2, 0.25) is 0 Å². The average Bonchev–Trinajstić information content (AvgIpc) is 3.44. The minimum absolute atomic E-state index is 0.254. The first-order chi connectivity index (χ1) is 15.2. The van der Waals surface area contributed by atoms with E-state index in [2.05, 4.69) is 30.7 Å². The third kappa shape index (κ3) is 3.71. The minimum Gasteiger partial charge on any atom is -0.330 e. The molecule has 0 saturated heterocycles. The third-order valence-corrected chi connectivity index (χ3v) is 4.70. The topological polar surface area (TPSA) is 110 Å². The Bertz CT molecular complexity index is 1380. The molecule has 0 aliphatic heterocycles. The van der Waals surface area contributed by atoms with Crippen LogP contribution in [0.25, 0.3) is 17.2 Å². The summed E-state index contributed by atoms with van der Waals surface area (Å²) < 4.78 is 7.01. The van der Waals surface area contributed by atoms with Gasteiger partial charge in [0.1, 0.15) is 17.0 Å². The second-order valence-electron chi connectivity index (χ2n) is 6.82. The van der Waals surface area contributed by atoms with Crippen molar-refractivity contribution in [3.8, 4) is 11.6 Å². The van der Waals surface area contributed by atoms with Gasteiger partial charge in [0.05, 0.1) is 6.20 Å². The number of fused-ring (bicyclic) bond motifs is 1. The zero-order valence-corrected chi connectivity index (χ0v) is 16.5. The Morgan fingerprint density at radius 1 is 1.06 bits per heavy atom. The monoisotopic (exact) mass is 411 g/mol. The van der Waals surface area contributed by atoms with Gasteiger partial charge in [-0.25, -0.2) is 4.98 Å². The van der Waals surface area contributed by atoms with E-state index >= 15 is 0 Å². The summed E-state index contributed by atoms with van der Waals surface area (Å²) in [6.45, 7) is 1.92. The summed E-state index contributed by atoms with van der Waals surface area (Å²) >= 11 is 0. The van der Waals surface area contributed by atoms with Gasteiger partial charge < -0.3 is 15.2 Å². The lowest BCUT2D eigenvalue weighted by Gasteiger charge is -2.10. The summed E-state index contributed by atoms with van der Waals surface area (Å²) in [7, 11) is 0. The number of nitrogens with zero attached hydrogens (tertiary/aromatic N) is 5. The van der Waals surface area contributed by atoms with Gasteiger partial charge in [0.25, 0.3) is 17.7 Å². The molecule has 0 unspecified atom stereocenters. The van der Waals surface area contributed by atoms with Crippen molar-refractivity contribution in [1.82, 2.24) is 24.5 Å². The van der Waals surface area contributed by atoms with Crippen molar-refractivity contribution in [3.63, 3.8) is 0 Å². The number of rotatable bonds is 5. The molecule has 0 saturated carbocycles. The van der Waals surface area contributed by atoms with Gasteiger partial charge in [0.15, 0.2) is 0 Å². The van der Waals surface area contributed by atoms with Crippen LogP contribution in [0.3, 0.4) is 0 Å². The number of carbonyl (C=O) groups excluding carboxylic acids is 1. The number of benzene rings is 1. The first-order valence-electron chi connectivity index (χ1n) is 9.53. The van der Waals surface area contributed by atoms with Crippen LogP contribution in [0, 0.1) is 6.92 Å². The number of pyridine rings is 2. The van der Waals surface area contributed by atoms with Crippen molar-refractivity contribution in [3.05, 3.63) is 84.4 Å². The second kappa shape index (κ2) is 7.71. The zero-order valence-electron chi connectivity index (χ0n) is 16.5. The molecule has 9 heteroatoms. The lowest BCUT2D eigenvalue weighted by atomic mass is 10.1. The lowest BCUT2D eigenvalue weighted by Crippen LogP contribution is -2.15. The highest BCUT2D eigenvalue weighted by Crippen LogP contribution is 2.24. The summed E-state index contributed by atoms with van der Waals surface area (Å²) in [5.41, 5.74) is 4.02. The molecular formula is C22H17N7O2. The predicted molar refractivity (Wildman–Crippen MR) is 115 cm³/mol. The van der Waals surface area contributed by atoms with Crippen molar-refractivity contribution >= 4 is 28.9 Å². The molecule has 152 valence electrons. The summed E-state index contributed by atoms with van der Waals surface area (Å²) in [4.78, 5) is 25.6. The summed E-state index contributed by atoms with van der Waals surface area (Å²) in [6, 6.07) is 16.6. The normalized spacial score (nSPS) is 10.9. The van der Waals surface area contributed by atoms with Gasteiger partial charge in [-0.05, 0) is 54.0 Å². The largest absolute Gasteiger partial charge is 0.330 e. The maximum atomic E-state index is 12.8. The number of aromatic nitrogens is 5. The van der Waals surface area contributed by atoms with E-state index in [1.54, 1.807) is 29.1 Å². The Morgan fingerprint density at radius 3 is 2.84 bits per heavy atom. The molecule has 0 aliphatic carbocycles. The summed E-state index contributed by atoms with van der Waals surface area (Å²) in [6.07, 6.45) is 5.02. The van der Waals surface area contributed by atoms with Crippen molar-refractivity contribution in [2.75, 3.05) is 10.6 Å². The van der Waals surface area contributed by atoms with E-state index in [1.807, 2.05) is 55.5 Å². The number of imidazole rings is 1. The number of hydrogen-bond donors (Lipinski definition) is 2. The highest BCUT2D eigenvalue weighted by atomic mass is 16.5. The number of carbonyl (C=O) groups is 1. The molecule has 0 fully saturated rings. The minimum atomic E-state index is -0.254. The number of amides is 1. The van der Waals surface area contributed by atoms with Gasteiger partial charge in [-0.2, -0.15) is 4.98 Å². The number of anilines is 3. The van der Waals surface area contributed by atoms with Crippen molar-refractivity contribution in [2.24, 2.45) is 0 Å². The van der Waals surface area contributed by atoms with Gasteiger partial charge in [-0.3, -0.25) is 14.2 Å². The van der Waals surface area contributed by atoms with E-state index in [9.17, 15) is 4.79 Å². The van der Waals surface area contributed by atoms with E-state index in [0.29, 0.717) is 40.2 Å². The first kappa shape index (κ1) is 18.5. The van der Waals surface area contributed by atoms with Crippen LogP contribution in [0.15, 0.2) is 77.7 Å². The maximum Gasteiger partial charge on any atom is 0.278 e. The van der Waals surface area contributed by atoms with Crippen LogP contribution in [-0.2, 0) is 0 Å². The standard InChI is InChI=1S/C22H17N7O2/c1-14-8-9-15(25-22-27-21(31-28-22)16-6-2-4-10-23-16)12-17(14)26-20(30)18-13-24-19-7-3-5-11-29(18)19/h2-13H,1H3,(H,25,28)(H,26,30). The van der Waals surface area contributed by atoms with Crippen LogP contribution >= 0.6 is 0 Å². The van der Waals surface area contributed by atoms with E-state index in [4.69, 9.17) is 4.52 Å². The van der Waals surface area contributed by atoms with Gasteiger partial charge >= 0.3 is 0 Å². The third-order valence-electron chi connectivity index (χ3n) is 4.70. The van der Waals surface area contributed by atoms with Gasteiger partial charge in [0.2, 0.25) is 0 Å². The zero-order chi connectivity index (χ0) is 21.2. The molecular weight excluding hydrogens is 394 g/mol. The van der Waals surface area contributed by atoms with E-state index in [-0.39, 0.29) is 5.91 Å². The van der Waals surface area contributed by atoms with Crippen molar-refractivity contribution in [1.29, 1.82) is 0 Å². The van der Waals surface area contributed by atoms with Gasteiger partial charge in [0, 0.05) is 23.8 Å². The van der Waals surface area contributed by atoms with Gasteiger partial charge in [-0.1, -0.05) is 18.2 Å². The Hall–Kier alpha value is -4.53. The van der Waals surface area contributed by atoms with Crippen molar-refractivity contribution < 1.29 is 9.32 Å². The molecule has 0 aliphatic rings. The Kier molecular flexibility index (Phi) is 4.60. The second-order valence-corrected chi connectivity index (χ2v) is 6.82. The number of aryl methyl sites for hydroxylation is 1. The fourth-order valence-electron chi connectivity index (χ4n) is 3.12. The molecule has 31 heavy (non-hydrogen) atoms. The molecule has 2 N–H and O–H groups in total. The molecule has 0 bridgehead atoms. The van der Waals surface area contributed by atoms with E-state index in [1.165, 1.54) is 0 Å². The molecule has 0 radical (unpaired) electrons. The summed E-state index contributed by atoms with van der Waals surface area (Å²) in [5.74, 6) is 0.357. The molecule has 1 aromatic carbocycles. The average molecular weight is 411 g/mol. The highest BCUT2D eigenvalue weighted by molar-refractivity contribution is 6.04. The Balaban J connectivity index is 1.36. The van der Waals surface area contributed by atoms with Crippen LogP contribution < -0.4 is 10.6 Å². The molecule has 9 nitrogen and oxygen atoms in total. The SMILES string of the molecule is Cc1ccc(Nc2noc(-c3ccccn3)n2)cc1NC(=O)c1cnc2ccccn12. The fraction of sp³-hybridized carbons (Fsp3) is 0.0455. The quantitative estimate of drug-likeness (QED) is 0.448. The Labute approximate surface area is 176 Å². The maximum absolute atomic E-state index is 12.8. The molecule has 4 aromatic heterocycles. The smallest absolute Gasteiger partial charge is 0.278 e. The van der Waals surface area contributed by atoms with Crippen LogP contribution in [-0.4, -0.2) is 30.4 Å². The molecule has 5 aromatic rings. The first-order valence-corrected chi connectivity index (χ1v) is 9.53. The number of hydrogen-bond acceptors (Lipinski definition) is 7. The molecule has 0 atom stereocenters. The predicted octanol–water partition coefficient (Wildman–Crippen LogP) is 4.08. The fourth-order valence-corrected chi connectivity index (χ4v) is 3.12.